The number of aromatic amines is 1. The number of carbonyl (C=O) groups excluding carboxylic acids is 2. The molecule has 0 saturated carbocycles. The van der Waals surface area contributed by atoms with Crippen molar-refractivity contribution >= 4 is 34.4 Å². The number of fused-ring (bicyclic) bond motifs is 1. The van der Waals surface area contributed by atoms with Crippen LogP contribution in [0.3, 0.4) is 0 Å². The molecule has 1 heterocycles. The minimum Gasteiger partial charge on any atom is -0.467 e. The van der Waals surface area contributed by atoms with Crippen molar-refractivity contribution in [1.29, 1.82) is 0 Å². The van der Waals surface area contributed by atoms with Gasteiger partial charge in [0.05, 0.1) is 12.7 Å². The number of alkyl halides is 3. The molecule has 152 valence electrons. The normalized spacial score (nSPS) is 12.6. The summed E-state index contributed by atoms with van der Waals surface area (Å²) in [4.78, 5) is 27.6. The SMILES string of the molecule is COC(=O)[C@H](Cc1ccc(C(F)(F)F)cc1)NC(=O)c1cc2cc(Cl)ccc2[nH]1. The van der Waals surface area contributed by atoms with Crippen molar-refractivity contribution in [3.8, 4) is 0 Å². The summed E-state index contributed by atoms with van der Waals surface area (Å²) in [6.07, 6.45) is -4.48. The summed E-state index contributed by atoms with van der Waals surface area (Å²) >= 11 is 5.94. The number of esters is 1. The van der Waals surface area contributed by atoms with E-state index in [-0.39, 0.29) is 12.1 Å². The van der Waals surface area contributed by atoms with Crippen molar-refractivity contribution in [3.63, 3.8) is 0 Å². The zero-order valence-electron chi connectivity index (χ0n) is 15.1. The lowest BCUT2D eigenvalue weighted by molar-refractivity contribution is -0.143. The molecule has 0 saturated heterocycles. The highest BCUT2D eigenvalue weighted by Crippen LogP contribution is 2.29. The fraction of sp³-hybridized carbons (Fsp3) is 0.200. The molecule has 0 spiro atoms. The number of aromatic nitrogens is 1. The van der Waals surface area contributed by atoms with E-state index in [4.69, 9.17) is 16.3 Å². The van der Waals surface area contributed by atoms with Crippen molar-refractivity contribution in [2.75, 3.05) is 7.11 Å². The highest BCUT2D eigenvalue weighted by atomic mass is 35.5. The second-order valence-corrected chi connectivity index (χ2v) is 6.80. The first-order valence-electron chi connectivity index (χ1n) is 8.50. The van der Waals surface area contributed by atoms with Crippen molar-refractivity contribution in [2.45, 2.75) is 18.6 Å². The maximum absolute atomic E-state index is 12.7. The van der Waals surface area contributed by atoms with Crippen molar-refractivity contribution in [1.82, 2.24) is 10.3 Å². The molecule has 0 bridgehead atoms. The second-order valence-electron chi connectivity index (χ2n) is 6.36. The molecule has 1 amide bonds. The second kappa shape index (κ2) is 8.16. The third-order valence-electron chi connectivity index (χ3n) is 4.34. The van der Waals surface area contributed by atoms with Crippen LogP contribution in [0, 0.1) is 0 Å². The number of hydrogen-bond acceptors (Lipinski definition) is 3. The summed E-state index contributed by atoms with van der Waals surface area (Å²) < 4.78 is 42.8. The summed E-state index contributed by atoms with van der Waals surface area (Å²) in [5.41, 5.74) is 0.550. The Morgan fingerprint density at radius 3 is 2.45 bits per heavy atom. The molecule has 0 radical (unpaired) electrons. The van der Waals surface area contributed by atoms with Gasteiger partial charge in [0, 0.05) is 22.3 Å². The maximum atomic E-state index is 12.7. The third kappa shape index (κ3) is 4.89. The van der Waals surface area contributed by atoms with E-state index in [1.54, 1.807) is 24.3 Å². The van der Waals surface area contributed by atoms with Crippen molar-refractivity contribution < 1.29 is 27.5 Å². The van der Waals surface area contributed by atoms with Gasteiger partial charge < -0.3 is 15.0 Å². The van der Waals surface area contributed by atoms with Crippen molar-refractivity contribution in [2.24, 2.45) is 0 Å². The largest absolute Gasteiger partial charge is 0.467 e. The lowest BCUT2D eigenvalue weighted by atomic mass is 10.0. The molecule has 29 heavy (non-hydrogen) atoms. The number of ether oxygens (including phenoxy) is 1. The van der Waals surface area contributed by atoms with Gasteiger partial charge in [0.2, 0.25) is 0 Å². The van der Waals surface area contributed by atoms with Crippen molar-refractivity contribution in [3.05, 3.63) is 70.4 Å². The minimum atomic E-state index is -4.45. The first-order valence-corrected chi connectivity index (χ1v) is 8.88. The Hall–Kier alpha value is -3.00. The number of nitrogens with one attached hydrogen (secondary N) is 2. The Balaban J connectivity index is 1.77. The smallest absolute Gasteiger partial charge is 0.416 e. The number of hydrogen-bond donors (Lipinski definition) is 2. The number of methoxy groups -OCH3 is 1. The summed E-state index contributed by atoms with van der Waals surface area (Å²) in [6.45, 7) is 0. The Kier molecular flexibility index (Phi) is 5.83. The molecule has 0 aliphatic rings. The lowest BCUT2D eigenvalue weighted by Crippen LogP contribution is -2.43. The van der Waals surface area contributed by atoms with Crippen LogP contribution in [0.5, 0.6) is 0 Å². The first kappa shape index (κ1) is 20.7. The van der Waals surface area contributed by atoms with E-state index in [9.17, 15) is 22.8 Å². The van der Waals surface area contributed by atoms with Crippen LogP contribution in [0.4, 0.5) is 13.2 Å². The number of benzene rings is 2. The van der Waals surface area contributed by atoms with E-state index in [1.165, 1.54) is 19.2 Å². The molecular weight excluding hydrogens is 409 g/mol. The minimum absolute atomic E-state index is 0.0252. The molecule has 0 fully saturated rings. The molecule has 0 aliphatic carbocycles. The molecule has 2 aromatic carbocycles. The predicted molar refractivity (Wildman–Crippen MR) is 102 cm³/mol. The van der Waals surface area contributed by atoms with E-state index in [2.05, 4.69) is 10.3 Å². The number of rotatable bonds is 5. The summed E-state index contributed by atoms with van der Waals surface area (Å²) in [5, 5.41) is 3.79. The monoisotopic (exact) mass is 424 g/mol. The van der Waals surface area contributed by atoms with E-state index >= 15 is 0 Å². The lowest BCUT2D eigenvalue weighted by Gasteiger charge is -2.16. The van der Waals surface area contributed by atoms with Gasteiger partial charge in [0.1, 0.15) is 11.7 Å². The van der Waals surface area contributed by atoms with Gasteiger partial charge >= 0.3 is 12.1 Å². The van der Waals surface area contributed by atoms with Crippen LogP contribution in [0.1, 0.15) is 21.6 Å². The van der Waals surface area contributed by atoms with E-state index in [0.29, 0.717) is 16.1 Å². The van der Waals surface area contributed by atoms with Crippen LogP contribution >= 0.6 is 11.6 Å². The Morgan fingerprint density at radius 2 is 1.83 bits per heavy atom. The Bertz CT molecular complexity index is 1050. The quantitative estimate of drug-likeness (QED) is 0.598. The average Bonchev–Trinajstić information content (AvgIpc) is 3.09. The third-order valence-corrected chi connectivity index (χ3v) is 4.57. The van der Waals surface area contributed by atoms with E-state index in [1.807, 2.05) is 0 Å². The fourth-order valence-electron chi connectivity index (χ4n) is 2.86. The van der Waals surface area contributed by atoms with Crippen LogP contribution < -0.4 is 5.32 Å². The molecule has 3 rings (SSSR count). The van der Waals surface area contributed by atoms with Gasteiger partial charge in [0.25, 0.3) is 5.91 Å². The molecule has 1 atom stereocenters. The van der Waals surface area contributed by atoms with Gasteiger partial charge in [-0.15, -0.1) is 0 Å². The summed E-state index contributed by atoms with van der Waals surface area (Å²) in [6, 6.07) is 9.95. The van der Waals surface area contributed by atoms with E-state index in [0.717, 1.165) is 17.5 Å². The number of amides is 1. The number of carbonyl (C=O) groups is 2. The van der Waals surface area contributed by atoms with Crippen LogP contribution in [-0.2, 0) is 22.1 Å². The molecule has 2 N–H and O–H groups in total. The zero-order valence-corrected chi connectivity index (χ0v) is 15.9. The van der Waals surface area contributed by atoms with Gasteiger partial charge in [-0.2, -0.15) is 13.2 Å². The van der Waals surface area contributed by atoms with Crippen LogP contribution in [0.25, 0.3) is 10.9 Å². The molecule has 0 aliphatic heterocycles. The average molecular weight is 425 g/mol. The Labute approximate surface area is 168 Å². The Morgan fingerprint density at radius 1 is 1.14 bits per heavy atom. The summed E-state index contributed by atoms with van der Waals surface area (Å²) in [5.74, 6) is -1.27. The van der Waals surface area contributed by atoms with Gasteiger partial charge in [-0.1, -0.05) is 23.7 Å². The number of H-pyrrole nitrogens is 1. The van der Waals surface area contributed by atoms with E-state index < -0.39 is 29.7 Å². The topological polar surface area (TPSA) is 71.2 Å². The van der Waals surface area contributed by atoms with Crippen LogP contribution in [0.15, 0.2) is 48.5 Å². The molecular formula is C20H16ClF3N2O3. The highest BCUT2D eigenvalue weighted by molar-refractivity contribution is 6.31. The molecule has 5 nitrogen and oxygen atoms in total. The predicted octanol–water partition coefficient (Wildman–Crippen LogP) is 4.35. The molecule has 1 aromatic heterocycles. The molecule has 0 unspecified atom stereocenters. The van der Waals surface area contributed by atoms with Gasteiger partial charge in [0.15, 0.2) is 0 Å². The maximum Gasteiger partial charge on any atom is 0.416 e. The zero-order chi connectivity index (χ0) is 21.2. The van der Waals surface area contributed by atoms with Gasteiger partial charge in [-0.25, -0.2) is 4.79 Å². The van der Waals surface area contributed by atoms with Crippen LogP contribution in [0.2, 0.25) is 5.02 Å². The molecule has 9 heteroatoms. The number of halogens is 4. The van der Waals surface area contributed by atoms with Gasteiger partial charge in [-0.05, 0) is 42.0 Å². The highest BCUT2D eigenvalue weighted by Gasteiger charge is 2.30. The molecule has 3 aromatic rings. The fourth-order valence-corrected chi connectivity index (χ4v) is 3.04. The first-order chi connectivity index (χ1) is 13.7. The standard InChI is InChI=1S/C20H16ClF3N2O3/c1-29-19(28)17(8-11-2-4-13(5-3-11)20(22,23)24)26-18(27)16-10-12-9-14(21)6-7-15(12)25-16/h2-7,9-10,17,25H,8H2,1H3,(H,26,27)/t17-/m0/s1. The summed E-state index contributed by atoms with van der Waals surface area (Å²) in [7, 11) is 1.17. The van der Waals surface area contributed by atoms with Crippen LogP contribution in [-0.4, -0.2) is 30.0 Å². The van der Waals surface area contributed by atoms with Gasteiger partial charge in [-0.3, -0.25) is 4.79 Å².